The van der Waals surface area contributed by atoms with Gasteiger partial charge in [0.2, 0.25) is 11.8 Å². The number of rotatable bonds is 5. The minimum Gasteiger partial charge on any atom is -0.476 e. The van der Waals surface area contributed by atoms with Crippen molar-refractivity contribution >= 4 is 17.1 Å². The third kappa shape index (κ3) is 2.51. The number of ether oxygens (including phenoxy) is 1. The molecule has 0 spiro atoms. The van der Waals surface area contributed by atoms with E-state index in [0.29, 0.717) is 29.6 Å². The van der Waals surface area contributed by atoms with Gasteiger partial charge in [0, 0.05) is 25.4 Å². The zero-order valence-electron chi connectivity index (χ0n) is 11.0. The van der Waals surface area contributed by atoms with Crippen molar-refractivity contribution in [3.63, 3.8) is 0 Å². The van der Waals surface area contributed by atoms with Crippen molar-refractivity contribution in [3.8, 4) is 5.88 Å². The summed E-state index contributed by atoms with van der Waals surface area (Å²) in [6, 6.07) is 5.81. The van der Waals surface area contributed by atoms with Gasteiger partial charge in [-0.15, -0.1) is 0 Å². The minimum atomic E-state index is 0.484. The predicted octanol–water partition coefficient (Wildman–Crippen LogP) is 1.41. The number of pyridine rings is 1. The zero-order valence-corrected chi connectivity index (χ0v) is 11.0. The first kappa shape index (κ1) is 12.3. The fourth-order valence-corrected chi connectivity index (χ4v) is 1.82. The normalized spacial score (nSPS) is 10.7. The lowest BCUT2D eigenvalue weighted by molar-refractivity contribution is 0.312. The van der Waals surface area contributed by atoms with Crippen LogP contribution in [0.5, 0.6) is 5.88 Å². The van der Waals surface area contributed by atoms with Crippen LogP contribution in [0.2, 0.25) is 0 Å². The van der Waals surface area contributed by atoms with Gasteiger partial charge in [0.05, 0.1) is 12.9 Å². The van der Waals surface area contributed by atoms with E-state index in [1.165, 1.54) is 0 Å². The van der Waals surface area contributed by atoms with Gasteiger partial charge >= 0.3 is 0 Å². The number of nitrogens with zero attached hydrogens (tertiary/aromatic N) is 4. The van der Waals surface area contributed by atoms with Gasteiger partial charge in [0.15, 0.2) is 5.65 Å². The monoisotopic (exact) mass is 270 g/mol. The smallest absolute Gasteiger partial charge is 0.245 e. The van der Waals surface area contributed by atoms with Crippen molar-refractivity contribution in [2.75, 3.05) is 19.0 Å². The van der Waals surface area contributed by atoms with Crippen LogP contribution in [0.15, 0.2) is 30.7 Å². The zero-order chi connectivity index (χ0) is 13.8. The average molecular weight is 270 g/mol. The number of hydrogen-bond donors (Lipinski definition) is 2. The van der Waals surface area contributed by atoms with Crippen LogP contribution in [0.3, 0.4) is 0 Å². The molecule has 0 aliphatic rings. The summed E-state index contributed by atoms with van der Waals surface area (Å²) in [5.74, 6) is 0.977. The highest BCUT2D eigenvalue weighted by Crippen LogP contribution is 2.20. The number of aromatic amines is 1. The van der Waals surface area contributed by atoms with Gasteiger partial charge in [0.25, 0.3) is 0 Å². The molecule has 102 valence electrons. The van der Waals surface area contributed by atoms with Gasteiger partial charge in [0.1, 0.15) is 5.52 Å². The van der Waals surface area contributed by atoms with E-state index in [2.05, 4.69) is 30.2 Å². The second kappa shape index (κ2) is 5.52. The largest absolute Gasteiger partial charge is 0.476 e. The van der Waals surface area contributed by atoms with E-state index in [1.807, 2.05) is 18.2 Å². The Morgan fingerprint density at radius 3 is 3.00 bits per heavy atom. The molecule has 0 saturated carbocycles. The summed E-state index contributed by atoms with van der Waals surface area (Å²) < 4.78 is 5.72. The van der Waals surface area contributed by atoms with E-state index in [4.69, 9.17) is 4.74 Å². The Bertz CT molecular complexity index is 696. The SMILES string of the molecule is CNc1nc(OCCc2ccccn2)c2[nH]cnc2n1. The summed E-state index contributed by atoms with van der Waals surface area (Å²) in [7, 11) is 1.76. The summed E-state index contributed by atoms with van der Waals surface area (Å²) in [5.41, 5.74) is 2.26. The maximum Gasteiger partial charge on any atom is 0.245 e. The van der Waals surface area contributed by atoms with Crippen LogP contribution in [0.1, 0.15) is 5.69 Å². The Morgan fingerprint density at radius 1 is 1.25 bits per heavy atom. The molecule has 7 nitrogen and oxygen atoms in total. The molecule has 0 aromatic carbocycles. The van der Waals surface area contributed by atoms with Gasteiger partial charge in [-0.05, 0) is 12.1 Å². The molecule has 0 aliphatic carbocycles. The summed E-state index contributed by atoms with van der Waals surface area (Å²) in [6.07, 6.45) is 4.06. The molecule has 7 heteroatoms. The van der Waals surface area contributed by atoms with Crippen molar-refractivity contribution in [1.82, 2.24) is 24.9 Å². The minimum absolute atomic E-state index is 0.484. The summed E-state index contributed by atoms with van der Waals surface area (Å²) >= 11 is 0. The van der Waals surface area contributed by atoms with Gasteiger partial charge < -0.3 is 15.0 Å². The van der Waals surface area contributed by atoms with Gasteiger partial charge in [-0.1, -0.05) is 6.07 Å². The number of anilines is 1. The molecule has 0 saturated heterocycles. The quantitative estimate of drug-likeness (QED) is 0.728. The molecule has 0 fully saturated rings. The Kier molecular flexibility index (Phi) is 3.40. The molecule has 0 unspecified atom stereocenters. The molecule has 3 rings (SSSR count). The van der Waals surface area contributed by atoms with Gasteiger partial charge in [-0.3, -0.25) is 4.98 Å². The third-order valence-electron chi connectivity index (χ3n) is 2.80. The molecular weight excluding hydrogens is 256 g/mol. The predicted molar refractivity (Wildman–Crippen MR) is 74.7 cm³/mol. The molecule has 3 heterocycles. The standard InChI is InChI=1S/C13H14N6O/c1-14-13-18-11-10(16-8-17-11)12(19-13)20-7-5-9-4-2-3-6-15-9/h2-4,6,8H,5,7H2,1H3,(H2,14,16,17,18,19). The highest BCUT2D eigenvalue weighted by Gasteiger charge is 2.10. The van der Waals surface area contributed by atoms with Crippen molar-refractivity contribution in [2.24, 2.45) is 0 Å². The number of aromatic nitrogens is 5. The van der Waals surface area contributed by atoms with Crippen molar-refractivity contribution < 1.29 is 4.74 Å². The fourth-order valence-electron chi connectivity index (χ4n) is 1.82. The van der Waals surface area contributed by atoms with E-state index < -0.39 is 0 Å². The maximum absolute atomic E-state index is 5.72. The van der Waals surface area contributed by atoms with Crippen LogP contribution in [0.4, 0.5) is 5.95 Å². The van der Waals surface area contributed by atoms with Crippen LogP contribution in [-0.2, 0) is 6.42 Å². The summed E-state index contributed by atoms with van der Waals surface area (Å²) in [4.78, 5) is 19.9. The summed E-state index contributed by atoms with van der Waals surface area (Å²) in [6.45, 7) is 0.491. The number of imidazole rings is 1. The lowest BCUT2D eigenvalue weighted by Crippen LogP contribution is -2.06. The molecule has 2 N–H and O–H groups in total. The van der Waals surface area contributed by atoms with Crippen LogP contribution in [0.25, 0.3) is 11.2 Å². The van der Waals surface area contributed by atoms with Crippen LogP contribution >= 0.6 is 0 Å². The topological polar surface area (TPSA) is 88.6 Å². The second-order valence-corrected chi connectivity index (χ2v) is 4.12. The molecule has 0 amide bonds. The average Bonchev–Trinajstić information content (AvgIpc) is 2.96. The van der Waals surface area contributed by atoms with Crippen molar-refractivity contribution in [3.05, 3.63) is 36.4 Å². The van der Waals surface area contributed by atoms with Crippen molar-refractivity contribution in [2.45, 2.75) is 6.42 Å². The van der Waals surface area contributed by atoms with E-state index >= 15 is 0 Å². The first-order chi connectivity index (χ1) is 9.86. The van der Waals surface area contributed by atoms with E-state index in [-0.39, 0.29) is 0 Å². The third-order valence-corrected chi connectivity index (χ3v) is 2.80. The number of H-pyrrole nitrogens is 1. The lowest BCUT2D eigenvalue weighted by atomic mass is 10.3. The van der Waals surface area contributed by atoms with Crippen LogP contribution < -0.4 is 10.1 Å². The molecule has 20 heavy (non-hydrogen) atoms. The Balaban J connectivity index is 1.75. The highest BCUT2D eigenvalue weighted by molar-refractivity contribution is 5.76. The molecule has 0 radical (unpaired) electrons. The summed E-state index contributed by atoms with van der Waals surface area (Å²) in [5, 5.41) is 2.89. The second-order valence-electron chi connectivity index (χ2n) is 4.12. The first-order valence-electron chi connectivity index (χ1n) is 6.28. The molecule has 0 atom stereocenters. The van der Waals surface area contributed by atoms with Gasteiger partial charge in [-0.2, -0.15) is 9.97 Å². The van der Waals surface area contributed by atoms with E-state index in [9.17, 15) is 0 Å². The van der Waals surface area contributed by atoms with Gasteiger partial charge in [-0.25, -0.2) is 4.98 Å². The van der Waals surface area contributed by atoms with Crippen LogP contribution in [-0.4, -0.2) is 38.6 Å². The lowest BCUT2D eigenvalue weighted by Gasteiger charge is -2.07. The van der Waals surface area contributed by atoms with E-state index in [0.717, 1.165) is 12.1 Å². The molecule has 3 aromatic heterocycles. The Morgan fingerprint density at radius 2 is 2.20 bits per heavy atom. The fraction of sp³-hybridized carbons (Fsp3) is 0.231. The maximum atomic E-state index is 5.72. The highest BCUT2D eigenvalue weighted by atomic mass is 16.5. The van der Waals surface area contributed by atoms with Crippen molar-refractivity contribution in [1.29, 1.82) is 0 Å². The molecule has 3 aromatic rings. The number of fused-ring (bicyclic) bond motifs is 1. The Labute approximate surface area is 115 Å². The molecule has 0 bridgehead atoms. The van der Waals surface area contributed by atoms with E-state index in [1.54, 1.807) is 19.6 Å². The van der Waals surface area contributed by atoms with Crippen LogP contribution in [0, 0.1) is 0 Å². The molecular formula is C13H14N6O. The number of hydrogen-bond acceptors (Lipinski definition) is 6. The Hall–Kier alpha value is -2.70. The molecule has 0 aliphatic heterocycles. The first-order valence-corrected chi connectivity index (χ1v) is 6.28. The number of nitrogens with one attached hydrogen (secondary N) is 2.